The molecule has 0 radical (unpaired) electrons. The summed E-state index contributed by atoms with van der Waals surface area (Å²) in [6, 6.07) is 5.44. The Balaban J connectivity index is 1.91. The number of esters is 2. The Hall–Kier alpha value is -2.98. The molecule has 3 aromatic rings. The molecule has 30 heavy (non-hydrogen) atoms. The summed E-state index contributed by atoms with van der Waals surface area (Å²) >= 11 is 2.49. The monoisotopic (exact) mass is 447 g/mol. The molecule has 1 amide bonds. The van der Waals surface area contributed by atoms with E-state index in [-0.39, 0.29) is 33.8 Å². The van der Waals surface area contributed by atoms with Gasteiger partial charge >= 0.3 is 11.9 Å². The first-order valence-electron chi connectivity index (χ1n) is 9.23. The lowest BCUT2D eigenvalue weighted by Crippen LogP contribution is -2.17. The molecule has 2 N–H and O–H groups in total. The van der Waals surface area contributed by atoms with Gasteiger partial charge < -0.3 is 14.8 Å². The zero-order valence-electron chi connectivity index (χ0n) is 16.9. The number of aromatic nitrogens is 2. The number of anilines is 1. The molecule has 158 valence electrons. The number of amides is 1. The maximum absolute atomic E-state index is 12.8. The van der Waals surface area contributed by atoms with Gasteiger partial charge in [0.05, 0.1) is 28.8 Å². The normalized spacial score (nSPS) is 10.8. The van der Waals surface area contributed by atoms with Crippen LogP contribution in [-0.4, -0.2) is 40.8 Å². The Bertz CT molecular complexity index is 1070. The molecule has 0 aliphatic carbocycles. The van der Waals surface area contributed by atoms with E-state index < -0.39 is 17.8 Å². The van der Waals surface area contributed by atoms with Gasteiger partial charge in [-0.05, 0) is 50.8 Å². The van der Waals surface area contributed by atoms with Gasteiger partial charge in [-0.3, -0.25) is 9.89 Å². The van der Waals surface area contributed by atoms with Gasteiger partial charge in [-0.15, -0.1) is 22.7 Å². The third-order valence-corrected chi connectivity index (χ3v) is 6.07. The molecule has 0 bridgehead atoms. The summed E-state index contributed by atoms with van der Waals surface area (Å²) in [5, 5.41) is 11.7. The van der Waals surface area contributed by atoms with E-state index in [4.69, 9.17) is 9.47 Å². The summed E-state index contributed by atoms with van der Waals surface area (Å²) in [6.45, 7) is 6.96. The van der Waals surface area contributed by atoms with Crippen LogP contribution in [0.3, 0.4) is 0 Å². The SMILES string of the molecule is CCOC(=O)c1sc(NC(=O)c2cc(-c3cccs3)[nH]n2)c(C(=O)OC(C)C)c1C. The largest absolute Gasteiger partial charge is 0.462 e. The molecule has 3 aromatic heterocycles. The van der Waals surface area contributed by atoms with Gasteiger partial charge in [0.25, 0.3) is 5.91 Å². The average Bonchev–Trinajstić information content (AvgIpc) is 3.41. The van der Waals surface area contributed by atoms with E-state index in [9.17, 15) is 14.4 Å². The first-order valence-corrected chi connectivity index (χ1v) is 10.9. The van der Waals surface area contributed by atoms with Crippen LogP contribution < -0.4 is 5.32 Å². The predicted molar refractivity (Wildman–Crippen MR) is 115 cm³/mol. The van der Waals surface area contributed by atoms with Crippen LogP contribution in [0.4, 0.5) is 5.00 Å². The molecule has 0 aliphatic rings. The molecule has 0 fully saturated rings. The topological polar surface area (TPSA) is 110 Å². The minimum atomic E-state index is -0.620. The minimum Gasteiger partial charge on any atom is -0.462 e. The molecular formula is C20H21N3O5S2. The number of hydrogen-bond donors (Lipinski definition) is 2. The van der Waals surface area contributed by atoms with E-state index in [2.05, 4.69) is 15.5 Å². The van der Waals surface area contributed by atoms with Gasteiger partial charge in [0.2, 0.25) is 0 Å². The van der Waals surface area contributed by atoms with Crippen molar-refractivity contribution in [2.45, 2.75) is 33.8 Å². The highest BCUT2D eigenvalue weighted by Gasteiger charge is 2.28. The summed E-state index contributed by atoms with van der Waals surface area (Å²) in [5.74, 6) is -1.69. The summed E-state index contributed by atoms with van der Waals surface area (Å²) < 4.78 is 10.4. The number of H-pyrrole nitrogens is 1. The van der Waals surface area contributed by atoms with Crippen molar-refractivity contribution in [2.75, 3.05) is 11.9 Å². The third-order valence-electron chi connectivity index (χ3n) is 3.98. The minimum absolute atomic E-state index is 0.138. The van der Waals surface area contributed by atoms with Gasteiger partial charge in [0.1, 0.15) is 9.88 Å². The van der Waals surface area contributed by atoms with Crippen LogP contribution in [0.2, 0.25) is 0 Å². The Labute approximate surface area is 181 Å². The van der Waals surface area contributed by atoms with Crippen molar-refractivity contribution < 1.29 is 23.9 Å². The standard InChI is InChI=1S/C20H21N3O5S2/c1-5-27-20(26)16-11(4)15(19(25)28-10(2)3)18(30-16)21-17(24)13-9-12(22-23-13)14-7-6-8-29-14/h6-10H,5H2,1-4H3,(H,21,24)(H,22,23). The first-order chi connectivity index (χ1) is 14.3. The highest BCUT2D eigenvalue weighted by atomic mass is 32.1. The number of rotatable bonds is 7. The van der Waals surface area contributed by atoms with Crippen molar-refractivity contribution in [2.24, 2.45) is 0 Å². The molecule has 0 saturated carbocycles. The van der Waals surface area contributed by atoms with E-state index in [0.717, 1.165) is 16.2 Å². The molecule has 0 unspecified atom stereocenters. The van der Waals surface area contributed by atoms with Gasteiger partial charge in [-0.2, -0.15) is 5.10 Å². The number of carbonyl (C=O) groups is 3. The number of nitrogens with zero attached hydrogens (tertiary/aromatic N) is 1. The highest BCUT2D eigenvalue weighted by Crippen LogP contribution is 2.35. The number of carbonyl (C=O) groups excluding carboxylic acids is 3. The summed E-state index contributed by atoms with van der Waals surface area (Å²) in [4.78, 5) is 38.8. The number of ether oxygens (including phenoxy) is 2. The fourth-order valence-electron chi connectivity index (χ4n) is 2.67. The van der Waals surface area contributed by atoms with E-state index in [1.54, 1.807) is 33.8 Å². The van der Waals surface area contributed by atoms with Crippen LogP contribution in [0.25, 0.3) is 10.6 Å². The molecule has 0 aromatic carbocycles. The molecule has 0 aliphatic heterocycles. The fraction of sp³-hybridized carbons (Fsp3) is 0.300. The maximum atomic E-state index is 12.8. The van der Waals surface area contributed by atoms with Crippen LogP contribution >= 0.6 is 22.7 Å². The zero-order chi connectivity index (χ0) is 21.8. The second-order valence-electron chi connectivity index (χ2n) is 6.53. The van der Waals surface area contributed by atoms with E-state index >= 15 is 0 Å². The van der Waals surface area contributed by atoms with Gasteiger partial charge in [0, 0.05) is 0 Å². The predicted octanol–water partition coefficient (Wildman–Crippen LogP) is 4.50. The lowest BCUT2D eigenvalue weighted by atomic mass is 10.1. The van der Waals surface area contributed by atoms with Crippen molar-refractivity contribution in [1.82, 2.24) is 10.2 Å². The maximum Gasteiger partial charge on any atom is 0.348 e. The molecule has 10 heteroatoms. The van der Waals surface area contributed by atoms with Crippen molar-refractivity contribution in [3.63, 3.8) is 0 Å². The molecule has 3 heterocycles. The van der Waals surface area contributed by atoms with Gasteiger partial charge in [-0.1, -0.05) is 6.07 Å². The van der Waals surface area contributed by atoms with Crippen molar-refractivity contribution in [3.8, 4) is 10.6 Å². The Morgan fingerprint density at radius 2 is 2.03 bits per heavy atom. The van der Waals surface area contributed by atoms with Crippen LogP contribution in [-0.2, 0) is 9.47 Å². The van der Waals surface area contributed by atoms with Crippen LogP contribution in [0.1, 0.15) is 56.9 Å². The average molecular weight is 448 g/mol. The summed E-state index contributed by atoms with van der Waals surface area (Å²) in [5.41, 5.74) is 1.41. The lowest BCUT2D eigenvalue weighted by molar-refractivity contribution is 0.0379. The van der Waals surface area contributed by atoms with E-state index in [1.165, 1.54) is 11.3 Å². The zero-order valence-corrected chi connectivity index (χ0v) is 18.5. The number of hydrogen-bond acceptors (Lipinski definition) is 8. The molecule has 0 atom stereocenters. The number of aromatic amines is 1. The lowest BCUT2D eigenvalue weighted by Gasteiger charge is -2.10. The fourth-order valence-corrected chi connectivity index (χ4v) is 4.45. The van der Waals surface area contributed by atoms with E-state index in [1.807, 2.05) is 17.5 Å². The molecular weight excluding hydrogens is 426 g/mol. The number of thiophene rings is 2. The van der Waals surface area contributed by atoms with Crippen molar-refractivity contribution in [3.05, 3.63) is 45.3 Å². The highest BCUT2D eigenvalue weighted by molar-refractivity contribution is 7.18. The molecule has 8 nitrogen and oxygen atoms in total. The quantitative estimate of drug-likeness (QED) is 0.516. The van der Waals surface area contributed by atoms with Crippen molar-refractivity contribution >= 4 is 45.5 Å². The van der Waals surface area contributed by atoms with Crippen molar-refractivity contribution in [1.29, 1.82) is 0 Å². The van der Waals surface area contributed by atoms with Crippen LogP contribution in [0, 0.1) is 6.92 Å². The molecule has 0 spiro atoms. The van der Waals surface area contributed by atoms with Crippen LogP contribution in [0.5, 0.6) is 0 Å². The molecule has 3 rings (SSSR count). The van der Waals surface area contributed by atoms with Crippen LogP contribution in [0.15, 0.2) is 23.6 Å². The van der Waals surface area contributed by atoms with E-state index in [0.29, 0.717) is 11.3 Å². The smallest absolute Gasteiger partial charge is 0.348 e. The summed E-state index contributed by atoms with van der Waals surface area (Å²) in [7, 11) is 0. The first kappa shape index (κ1) is 21.7. The second-order valence-corrected chi connectivity index (χ2v) is 8.50. The molecule has 0 saturated heterocycles. The third kappa shape index (κ3) is 4.60. The number of nitrogens with one attached hydrogen (secondary N) is 2. The Morgan fingerprint density at radius 1 is 1.27 bits per heavy atom. The Kier molecular flexibility index (Phi) is 6.68. The summed E-state index contributed by atoms with van der Waals surface area (Å²) in [6.07, 6.45) is -0.355. The Morgan fingerprint density at radius 3 is 2.67 bits per heavy atom. The van der Waals surface area contributed by atoms with Gasteiger partial charge in [-0.25, -0.2) is 9.59 Å². The second kappa shape index (κ2) is 9.23. The van der Waals surface area contributed by atoms with Gasteiger partial charge in [0.15, 0.2) is 5.69 Å².